The van der Waals surface area contributed by atoms with Crippen LogP contribution in [0.2, 0.25) is 0 Å². The van der Waals surface area contributed by atoms with Gasteiger partial charge < -0.3 is 20.5 Å². The number of benzene rings is 2. The molecule has 0 radical (unpaired) electrons. The lowest BCUT2D eigenvalue weighted by Gasteiger charge is -2.14. The maximum absolute atomic E-state index is 12.5. The molecule has 0 unspecified atom stereocenters. The Balaban J connectivity index is 1.65. The van der Waals surface area contributed by atoms with Gasteiger partial charge >= 0.3 is 5.97 Å². The number of hydrazine groups is 1. The number of amides is 1. The summed E-state index contributed by atoms with van der Waals surface area (Å²) in [5, 5.41) is 3.07. The van der Waals surface area contributed by atoms with Crippen molar-refractivity contribution in [3.05, 3.63) is 66.0 Å². The van der Waals surface area contributed by atoms with Crippen LogP contribution in [0.15, 0.2) is 54.9 Å². The van der Waals surface area contributed by atoms with Gasteiger partial charge in [0.15, 0.2) is 11.6 Å². The van der Waals surface area contributed by atoms with Crippen molar-refractivity contribution < 1.29 is 19.1 Å². The van der Waals surface area contributed by atoms with Crippen molar-refractivity contribution in [2.75, 3.05) is 30.2 Å². The summed E-state index contributed by atoms with van der Waals surface area (Å²) in [5.41, 5.74) is 13.0. The number of rotatable bonds is 9. The van der Waals surface area contributed by atoms with Crippen molar-refractivity contribution in [3.8, 4) is 5.75 Å². The van der Waals surface area contributed by atoms with E-state index in [-0.39, 0.29) is 23.4 Å². The highest BCUT2D eigenvalue weighted by molar-refractivity contribution is 5.97. The third-order valence-electron chi connectivity index (χ3n) is 4.46. The number of nitrogen functional groups attached to an aromatic ring is 1. The molecule has 3 aromatic rings. The molecule has 10 nitrogen and oxygen atoms in total. The third kappa shape index (κ3) is 6.10. The molecule has 172 valence electrons. The van der Waals surface area contributed by atoms with E-state index in [1.807, 2.05) is 13.8 Å². The molecule has 0 spiro atoms. The number of nitrogens with zero attached hydrogens (tertiary/aromatic N) is 2. The number of carbonyl (C=O) groups excluding carboxylic acids is 2. The summed E-state index contributed by atoms with van der Waals surface area (Å²) in [4.78, 5) is 32.7. The van der Waals surface area contributed by atoms with Gasteiger partial charge in [-0.1, -0.05) is 26.0 Å². The maximum atomic E-state index is 12.5. The normalized spacial score (nSPS) is 10.4. The van der Waals surface area contributed by atoms with Gasteiger partial charge in [0, 0.05) is 5.69 Å². The quantitative estimate of drug-likeness (QED) is 0.285. The van der Waals surface area contributed by atoms with Crippen molar-refractivity contribution in [2.24, 2.45) is 5.92 Å². The zero-order valence-corrected chi connectivity index (χ0v) is 18.6. The lowest BCUT2D eigenvalue weighted by Crippen LogP contribution is -2.30. The topological polar surface area (TPSA) is 140 Å². The Labute approximate surface area is 191 Å². The number of carbonyl (C=O) groups is 2. The highest BCUT2D eigenvalue weighted by Crippen LogP contribution is 2.26. The van der Waals surface area contributed by atoms with Crippen LogP contribution in [0, 0.1) is 5.92 Å². The first-order chi connectivity index (χ1) is 15.9. The van der Waals surface area contributed by atoms with E-state index in [0.717, 1.165) is 0 Å². The van der Waals surface area contributed by atoms with E-state index in [1.54, 1.807) is 48.5 Å². The molecule has 10 heteroatoms. The van der Waals surface area contributed by atoms with Gasteiger partial charge in [0.2, 0.25) is 0 Å². The average molecular weight is 450 g/mol. The summed E-state index contributed by atoms with van der Waals surface area (Å²) in [6.07, 6.45) is 1.30. The molecule has 0 bridgehead atoms. The molecule has 33 heavy (non-hydrogen) atoms. The molecule has 1 amide bonds. The number of hydrogen-bond donors (Lipinski definition) is 4. The lowest BCUT2D eigenvalue weighted by atomic mass is 10.2. The molecule has 0 aliphatic carbocycles. The van der Waals surface area contributed by atoms with Crippen molar-refractivity contribution in [1.29, 1.82) is 0 Å². The van der Waals surface area contributed by atoms with Crippen LogP contribution in [0.3, 0.4) is 0 Å². The molecule has 1 heterocycles. The van der Waals surface area contributed by atoms with Crippen LogP contribution >= 0.6 is 0 Å². The van der Waals surface area contributed by atoms with Gasteiger partial charge in [0.1, 0.15) is 17.8 Å². The number of nitrogens with one attached hydrogen (secondary N) is 3. The molecule has 0 aliphatic rings. The molecule has 0 aliphatic heterocycles. The Morgan fingerprint density at radius 1 is 1.03 bits per heavy atom. The molecule has 0 atom stereocenters. The van der Waals surface area contributed by atoms with Gasteiger partial charge in [-0.05, 0) is 42.3 Å². The van der Waals surface area contributed by atoms with E-state index in [2.05, 4.69) is 26.1 Å². The molecule has 5 N–H and O–H groups in total. The Bertz CT molecular complexity index is 1120. The molecule has 2 aromatic carbocycles. The minimum absolute atomic E-state index is 0.193. The second-order valence-corrected chi connectivity index (χ2v) is 7.46. The molecular formula is C23H26N6O4. The SMILES string of the molecule is COc1ccccc1C(=O)NNc1ncnc(Nc2ccc(C(=O)OCC(C)C)cc2)c1N. The number of ether oxygens (including phenoxy) is 2. The van der Waals surface area contributed by atoms with Gasteiger partial charge in [0.25, 0.3) is 5.91 Å². The van der Waals surface area contributed by atoms with Crippen molar-refractivity contribution in [2.45, 2.75) is 13.8 Å². The fourth-order valence-electron chi connectivity index (χ4n) is 2.76. The van der Waals surface area contributed by atoms with E-state index in [1.165, 1.54) is 13.4 Å². The summed E-state index contributed by atoms with van der Waals surface area (Å²) < 4.78 is 10.4. The van der Waals surface area contributed by atoms with Crippen LogP contribution in [0.25, 0.3) is 0 Å². The molecule has 3 rings (SSSR count). The van der Waals surface area contributed by atoms with Gasteiger partial charge in [-0.15, -0.1) is 0 Å². The summed E-state index contributed by atoms with van der Waals surface area (Å²) in [5.74, 6) is 0.442. The number of esters is 1. The van der Waals surface area contributed by atoms with Crippen LogP contribution in [0.4, 0.5) is 23.0 Å². The highest BCUT2D eigenvalue weighted by atomic mass is 16.5. The molecule has 0 fully saturated rings. The average Bonchev–Trinajstić information content (AvgIpc) is 2.83. The summed E-state index contributed by atoms with van der Waals surface area (Å²) in [6, 6.07) is 13.5. The Morgan fingerprint density at radius 2 is 1.73 bits per heavy atom. The number of nitrogens with two attached hydrogens (primary N) is 1. The first-order valence-electron chi connectivity index (χ1n) is 10.2. The first-order valence-corrected chi connectivity index (χ1v) is 10.2. The Kier molecular flexibility index (Phi) is 7.64. The predicted molar refractivity (Wildman–Crippen MR) is 125 cm³/mol. The Morgan fingerprint density at radius 3 is 2.42 bits per heavy atom. The molecule has 0 saturated heterocycles. The number of para-hydroxylation sites is 1. The highest BCUT2D eigenvalue weighted by Gasteiger charge is 2.14. The van der Waals surface area contributed by atoms with Crippen molar-refractivity contribution in [1.82, 2.24) is 15.4 Å². The van der Waals surface area contributed by atoms with Crippen LogP contribution in [0.1, 0.15) is 34.6 Å². The number of anilines is 4. The third-order valence-corrected chi connectivity index (χ3v) is 4.46. The van der Waals surface area contributed by atoms with E-state index in [4.69, 9.17) is 15.2 Å². The number of aromatic nitrogens is 2. The molecule has 0 saturated carbocycles. The van der Waals surface area contributed by atoms with Crippen molar-refractivity contribution in [3.63, 3.8) is 0 Å². The fraction of sp³-hybridized carbons (Fsp3) is 0.217. The minimum Gasteiger partial charge on any atom is -0.496 e. The molecular weight excluding hydrogens is 424 g/mol. The van der Waals surface area contributed by atoms with E-state index in [9.17, 15) is 9.59 Å². The van der Waals surface area contributed by atoms with E-state index in [0.29, 0.717) is 35.0 Å². The Hall–Kier alpha value is -4.34. The van der Waals surface area contributed by atoms with E-state index >= 15 is 0 Å². The summed E-state index contributed by atoms with van der Waals surface area (Å²) in [7, 11) is 1.49. The van der Waals surface area contributed by atoms with Gasteiger partial charge in [-0.2, -0.15) is 0 Å². The minimum atomic E-state index is -0.417. The van der Waals surface area contributed by atoms with Gasteiger partial charge in [-0.3, -0.25) is 15.6 Å². The lowest BCUT2D eigenvalue weighted by molar-refractivity contribution is 0.0459. The summed E-state index contributed by atoms with van der Waals surface area (Å²) in [6.45, 7) is 4.30. The number of hydrogen-bond acceptors (Lipinski definition) is 9. The monoisotopic (exact) mass is 450 g/mol. The zero-order valence-electron chi connectivity index (χ0n) is 18.6. The zero-order chi connectivity index (χ0) is 23.8. The fourth-order valence-corrected chi connectivity index (χ4v) is 2.76. The predicted octanol–water partition coefficient (Wildman–Crippen LogP) is 3.38. The second-order valence-electron chi connectivity index (χ2n) is 7.46. The van der Waals surface area contributed by atoms with Crippen molar-refractivity contribution >= 4 is 34.9 Å². The van der Waals surface area contributed by atoms with Crippen LogP contribution in [-0.4, -0.2) is 35.6 Å². The maximum Gasteiger partial charge on any atom is 0.338 e. The largest absolute Gasteiger partial charge is 0.496 e. The van der Waals surface area contributed by atoms with Crippen LogP contribution in [-0.2, 0) is 4.74 Å². The summed E-state index contributed by atoms with van der Waals surface area (Å²) >= 11 is 0. The standard InChI is InChI=1S/C23H26N6O4/c1-14(2)12-33-23(31)15-8-10-16(11-9-15)27-20-19(24)21(26-13-25-20)28-29-22(30)17-6-4-5-7-18(17)32-3/h4-11,13-14H,12,24H2,1-3H3,(H,29,30)(H2,25,26,27,28). The smallest absolute Gasteiger partial charge is 0.338 e. The number of methoxy groups -OCH3 is 1. The van der Waals surface area contributed by atoms with Crippen LogP contribution < -0.4 is 26.6 Å². The first kappa shape index (κ1) is 23.3. The van der Waals surface area contributed by atoms with Gasteiger partial charge in [-0.25, -0.2) is 14.8 Å². The van der Waals surface area contributed by atoms with E-state index < -0.39 is 5.91 Å². The second kappa shape index (κ2) is 10.8. The van der Waals surface area contributed by atoms with Gasteiger partial charge in [0.05, 0.1) is 24.8 Å². The van der Waals surface area contributed by atoms with Crippen LogP contribution in [0.5, 0.6) is 5.75 Å². The molecule has 1 aromatic heterocycles.